The van der Waals surface area contributed by atoms with Gasteiger partial charge in [0.05, 0.1) is 23.7 Å². The van der Waals surface area contributed by atoms with E-state index in [0.717, 1.165) is 6.07 Å². The van der Waals surface area contributed by atoms with Crippen molar-refractivity contribution in [3.8, 4) is 0 Å². The van der Waals surface area contributed by atoms with Crippen LogP contribution in [0, 0.1) is 5.92 Å². The van der Waals surface area contributed by atoms with Gasteiger partial charge < -0.3 is 9.64 Å². The van der Waals surface area contributed by atoms with Gasteiger partial charge in [0, 0.05) is 13.1 Å². The largest absolute Gasteiger partial charge is 0.466 e. The number of nitrogens with zero attached hydrogens (tertiary/aromatic N) is 1. The van der Waals surface area contributed by atoms with Gasteiger partial charge >= 0.3 is 12.1 Å². The van der Waals surface area contributed by atoms with Crippen LogP contribution >= 0.6 is 0 Å². The number of halogens is 3. The molecule has 0 N–H and O–H groups in total. The lowest BCUT2D eigenvalue weighted by atomic mass is 9.96. The van der Waals surface area contributed by atoms with Crippen molar-refractivity contribution in [3.63, 3.8) is 0 Å². The Bertz CT molecular complexity index is 586. The second kappa shape index (κ2) is 7.02. The molecule has 1 aliphatic rings. The van der Waals surface area contributed by atoms with Gasteiger partial charge in [-0.1, -0.05) is 12.1 Å². The summed E-state index contributed by atoms with van der Waals surface area (Å²) in [6.45, 7) is 2.34. The summed E-state index contributed by atoms with van der Waals surface area (Å²) in [5.41, 5.74) is -1.34. The van der Waals surface area contributed by atoms with Crippen molar-refractivity contribution in [1.29, 1.82) is 0 Å². The van der Waals surface area contributed by atoms with Crippen LogP contribution in [0.2, 0.25) is 0 Å². The molecule has 0 bridgehead atoms. The van der Waals surface area contributed by atoms with Crippen LogP contribution in [0.5, 0.6) is 0 Å². The monoisotopic (exact) mass is 329 g/mol. The molecule has 1 aromatic carbocycles. The zero-order valence-corrected chi connectivity index (χ0v) is 12.7. The topological polar surface area (TPSA) is 46.6 Å². The molecule has 23 heavy (non-hydrogen) atoms. The summed E-state index contributed by atoms with van der Waals surface area (Å²) < 4.78 is 44.0. The van der Waals surface area contributed by atoms with Crippen LogP contribution in [0.4, 0.5) is 13.2 Å². The summed E-state index contributed by atoms with van der Waals surface area (Å²) in [7, 11) is 0. The maximum atomic E-state index is 13.0. The van der Waals surface area contributed by atoms with Crippen LogP contribution < -0.4 is 0 Å². The molecule has 7 heteroatoms. The van der Waals surface area contributed by atoms with Crippen molar-refractivity contribution < 1.29 is 27.5 Å². The standard InChI is InChI=1S/C16H18F3NO3/c1-2-23-15(22)11-6-5-9-20(10-11)14(21)12-7-3-4-8-13(12)16(17,18)19/h3-4,7-8,11H,2,5-6,9-10H2,1H3. The number of ether oxygens (including phenoxy) is 1. The minimum Gasteiger partial charge on any atom is -0.466 e. The molecule has 4 nitrogen and oxygen atoms in total. The normalized spacial score (nSPS) is 18.6. The van der Waals surface area contributed by atoms with E-state index in [4.69, 9.17) is 4.74 Å². The lowest BCUT2D eigenvalue weighted by Gasteiger charge is -2.32. The quantitative estimate of drug-likeness (QED) is 0.801. The molecule has 1 aromatic rings. The van der Waals surface area contributed by atoms with E-state index in [9.17, 15) is 22.8 Å². The fourth-order valence-electron chi connectivity index (χ4n) is 2.70. The minimum atomic E-state index is -4.59. The molecule has 0 spiro atoms. The van der Waals surface area contributed by atoms with Gasteiger partial charge in [-0.3, -0.25) is 9.59 Å². The lowest BCUT2D eigenvalue weighted by molar-refractivity contribution is -0.149. The number of carbonyl (C=O) groups excluding carboxylic acids is 2. The van der Waals surface area contributed by atoms with Crippen molar-refractivity contribution in [2.24, 2.45) is 5.92 Å². The van der Waals surface area contributed by atoms with Crippen molar-refractivity contribution in [2.75, 3.05) is 19.7 Å². The number of esters is 1. The maximum absolute atomic E-state index is 13.0. The number of hydrogen-bond donors (Lipinski definition) is 0. The van der Waals surface area contributed by atoms with Gasteiger partial charge in [-0.2, -0.15) is 13.2 Å². The van der Waals surface area contributed by atoms with Gasteiger partial charge in [0.1, 0.15) is 0 Å². The summed E-state index contributed by atoms with van der Waals surface area (Å²) in [5, 5.41) is 0. The van der Waals surface area contributed by atoms with E-state index in [-0.39, 0.29) is 18.7 Å². The molecular weight excluding hydrogens is 311 g/mol. The Balaban J connectivity index is 2.19. The van der Waals surface area contributed by atoms with E-state index in [2.05, 4.69) is 0 Å². The second-order valence-corrected chi connectivity index (χ2v) is 5.39. The average molecular weight is 329 g/mol. The molecule has 1 aliphatic heterocycles. The number of benzene rings is 1. The Hall–Kier alpha value is -2.05. The van der Waals surface area contributed by atoms with E-state index in [1.54, 1.807) is 6.92 Å². The zero-order chi connectivity index (χ0) is 17.0. The van der Waals surface area contributed by atoms with Crippen LogP contribution in [0.15, 0.2) is 24.3 Å². The van der Waals surface area contributed by atoms with Crippen LogP contribution in [0.1, 0.15) is 35.7 Å². The van der Waals surface area contributed by atoms with Crippen molar-refractivity contribution >= 4 is 11.9 Å². The Labute approximate surface area is 132 Å². The van der Waals surface area contributed by atoms with Gasteiger partial charge in [-0.15, -0.1) is 0 Å². The third-order valence-corrected chi connectivity index (χ3v) is 3.79. The molecule has 1 amide bonds. The number of likely N-dealkylation sites (tertiary alicyclic amines) is 1. The summed E-state index contributed by atoms with van der Waals surface area (Å²) in [4.78, 5) is 25.6. The van der Waals surface area contributed by atoms with Crippen molar-refractivity contribution in [1.82, 2.24) is 4.90 Å². The number of piperidine rings is 1. The first kappa shape index (κ1) is 17.3. The van der Waals surface area contributed by atoms with Crippen LogP contribution in [0.25, 0.3) is 0 Å². The van der Waals surface area contributed by atoms with E-state index in [1.807, 2.05) is 0 Å². The Morgan fingerprint density at radius 2 is 2.00 bits per heavy atom. The smallest absolute Gasteiger partial charge is 0.417 e. The summed E-state index contributed by atoms with van der Waals surface area (Å²) >= 11 is 0. The Kier molecular flexibility index (Phi) is 5.28. The SMILES string of the molecule is CCOC(=O)C1CCCN(C(=O)c2ccccc2C(F)(F)F)C1. The molecule has 1 atom stereocenters. The molecule has 0 aromatic heterocycles. The lowest BCUT2D eigenvalue weighted by Crippen LogP contribution is -2.43. The van der Waals surface area contributed by atoms with Gasteiger partial charge in [-0.25, -0.2) is 0 Å². The molecule has 0 aliphatic carbocycles. The number of rotatable bonds is 3. The predicted octanol–water partition coefficient (Wildman–Crippen LogP) is 3.12. The molecule has 126 valence electrons. The Morgan fingerprint density at radius 1 is 1.30 bits per heavy atom. The minimum absolute atomic E-state index is 0.0872. The van der Waals surface area contributed by atoms with Gasteiger partial charge in [0.25, 0.3) is 5.91 Å². The van der Waals surface area contributed by atoms with E-state index >= 15 is 0 Å². The summed E-state index contributed by atoms with van der Waals surface area (Å²) in [5.74, 6) is -1.59. The van der Waals surface area contributed by atoms with E-state index < -0.39 is 29.5 Å². The first-order valence-corrected chi connectivity index (χ1v) is 7.46. The number of alkyl halides is 3. The fourth-order valence-corrected chi connectivity index (χ4v) is 2.70. The summed E-state index contributed by atoms with van der Waals surface area (Å²) in [6.07, 6.45) is -3.46. The number of hydrogen-bond acceptors (Lipinski definition) is 3. The van der Waals surface area contributed by atoms with E-state index in [1.165, 1.54) is 23.1 Å². The molecule has 1 heterocycles. The number of amides is 1. The van der Waals surface area contributed by atoms with Gasteiger partial charge in [0.2, 0.25) is 0 Å². The number of carbonyl (C=O) groups is 2. The zero-order valence-electron chi connectivity index (χ0n) is 12.7. The van der Waals surface area contributed by atoms with Crippen molar-refractivity contribution in [3.05, 3.63) is 35.4 Å². The molecule has 0 radical (unpaired) electrons. The second-order valence-electron chi connectivity index (χ2n) is 5.39. The highest BCUT2D eigenvalue weighted by Crippen LogP contribution is 2.33. The van der Waals surface area contributed by atoms with Gasteiger partial charge in [-0.05, 0) is 31.9 Å². The molecule has 1 fully saturated rings. The first-order valence-electron chi connectivity index (χ1n) is 7.46. The highest BCUT2D eigenvalue weighted by atomic mass is 19.4. The fraction of sp³-hybridized carbons (Fsp3) is 0.500. The van der Waals surface area contributed by atoms with Crippen molar-refractivity contribution in [2.45, 2.75) is 25.9 Å². The highest BCUT2D eigenvalue weighted by Gasteiger charge is 2.37. The molecule has 0 saturated carbocycles. The van der Waals surface area contributed by atoms with Crippen LogP contribution in [-0.2, 0) is 15.7 Å². The van der Waals surface area contributed by atoms with Gasteiger partial charge in [0.15, 0.2) is 0 Å². The molecular formula is C16H18F3NO3. The Morgan fingerprint density at radius 3 is 2.65 bits per heavy atom. The molecule has 1 unspecified atom stereocenters. The predicted molar refractivity (Wildman–Crippen MR) is 76.7 cm³/mol. The first-order chi connectivity index (χ1) is 10.8. The maximum Gasteiger partial charge on any atom is 0.417 e. The van der Waals surface area contributed by atoms with Crippen LogP contribution in [0.3, 0.4) is 0 Å². The third kappa shape index (κ3) is 4.03. The molecule has 2 rings (SSSR count). The highest BCUT2D eigenvalue weighted by molar-refractivity contribution is 5.96. The third-order valence-electron chi connectivity index (χ3n) is 3.79. The van der Waals surface area contributed by atoms with E-state index in [0.29, 0.717) is 19.4 Å². The average Bonchev–Trinajstić information content (AvgIpc) is 2.54. The summed E-state index contributed by atoms with van der Waals surface area (Å²) in [6, 6.07) is 4.70. The van der Waals surface area contributed by atoms with Crippen LogP contribution in [-0.4, -0.2) is 36.5 Å². The molecule has 1 saturated heterocycles.